The molecule has 1 atom stereocenters. The number of thiazole rings is 1. The normalized spacial score (nSPS) is 17.8. The number of imidazole rings is 1. The molecule has 1 N–H and O–H groups in total. The van der Waals surface area contributed by atoms with Crippen LogP contribution in [0.15, 0.2) is 48.0 Å². The number of hydrogen-bond acceptors (Lipinski definition) is 8. The van der Waals surface area contributed by atoms with Gasteiger partial charge in [-0.25, -0.2) is 14.8 Å². The third kappa shape index (κ3) is 6.11. The fourth-order valence-corrected chi connectivity index (χ4v) is 5.54. The summed E-state index contributed by atoms with van der Waals surface area (Å²) in [6, 6.07) is 7.30. The van der Waals surface area contributed by atoms with E-state index in [1.165, 1.54) is 17.4 Å². The van der Waals surface area contributed by atoms with Crippen LogP contribution in [0.4, 0.5) is 13.2 Å². The number of benzene rings is 1. The predicted molar refractivity (Wildman–Crippen MR) is 145 cm³/mol. The molecule has 2 aliphatic rings. The second-order valence-corrected chi connectivity index (χ2v) is 10.8. The van der Waals surface area contributed by atoms with Crippen molar-refractivity contribution in [1.29, 1.82) is 0 Å². The van der Waals surface area contributed by atoms with Crippen LogP contribution in [0.1, 0.15) is 46.0 Å². The summed E-state index contributed by atoms with van der Waals surface area (Å²) in [4.78, 5) is 26.7. The lowest BCUT2D eigenvalue weighted by Crippen LogP contribution is -2.33. The van der Waals surface area contributed by atoms with Gasteiger partial charge in [0.15, 0.2) is 0 Å². The molecular weight excluding hydrogens is 559 g/mol. The number of aromatic nitrogens is 4. The van der Waals surface area contributed by atoms with Gasteiger partial charge in [0, 0.05) is 36.8 Å². The van der Waals surface area contributed by atoms with E-state index >= 15 is 0 Å². The minimum atomic E-state index is -4.47. The number of carboxylic acid groups (broad SMARTS) is 1. The number of aromatic carboxylic acids is 1. The van der Waals surface area contributed by atoms with Crippen LogP contribution >= 0.6 is 11.3 Å². The average Bonchev–Trinajstić information content (AvgIpc) is 3.54. The Hall–Kier alpha value is -3.81. The standard InChI is InChI=1S/C28H26F3N5O4S/c29-28(30,31)24-4-1-17(12-32-24)15-40-27-34-22(16-41-27)18-5-8-35(9-6-18)14-25-33-21-3-2-19(26(37)38)11-23(21)36(25)13-20-7-10-39-20/h1-5,11-12,16,20H,6-10,13-15H2,(H,37,38). The Balaban J connectivity index is 1.10. The van der Waals surface area contributed by atoms with Crippen LogP contribution in [0.2, 0.25) is 0 Å². The van der Waals surface area contributed by atoms with Gasteiger partial charge in [0.05, 0.1) is 41.5 Å². The number of hydrogen-bond donors (Lipinski definition) is 1. The van der Waals surface area contributed by atoms with Crippen molar-refractivity contribution < 1.29 is 32.5 Å². The van der Waals surface area contributed by atoms with Crippen molar-refractivity contribution in [3.05, 3.63) is 76.3 Å². The molecule has 1 fully saturated rings. The smallest absolute Gasteiger partial charge is 0.433 e. The zero-order valence-electron chi connectivity index (χ0n) is 21.8. The maximum absolute atomic E-state index is 12.7. The van der Waals surface area contributed by atoms with Gasteiger partial charge in [-0.3, -0.25) is 9.88 Å². The summed E-state index contributed by atoms with van der Waals surface area (Å²) < 4.78 is 51.5. The number of pyridine rings is 1. The zero-order valence-corrected chi connectivity index (χ0v) is 22.6. The molecule has 0 aliphatic carbocycles. The van der Waals surface area contributed by atoms with Crippen LogP contribution in [0.3, 0.4) is 0 Å². The molecule has 1 saturated heterocycles. The van der Waals surface area contributed by atoms with Gasteiger partial charge >= 0.3 is 12.1 Å². The topological polar surface area (TPSA) is 103 Å². The van der Waals surface area contributed by atoms with Crippen molar-refractivity contribution in [2.75, 3.05) is 19.7 Å². The number of halogens is 3. The van der Waals surface area contributed by atoms with Crippen LogP contribution in [0.5, 0.6) is 5.19 Å². The summed E-state index contributed by atoms with van der Waals surface area (Å²) in [6.07, 6.45) is 0.665. The summed E-state index contributed by atoms with van der Waals surface area (Å²) >= 11 is 1.34. The number of nitrogens with zero attached hydrogens (tertiary/aromatic N) is 5. The molecule has 1 unspecified atom stereocenters. The molecule has 6 rings (SSSR count). The Morgan fingerprint density at radius 1 is 1.22 bits per heavy atom. The lowest BCUT2D eigenvalue weighted by Gasteiger charge is -2.29. The molecule has 2 aliphatic heterocycles. The number of carbonyl (C=O) groups is 1. The maximum Gasteiger partial charge on any atom is 0.433 e. The van der Waals surface area contributed by atoms with Gasteiger partial charge in [0.1, 0.15) is 18.1 Å². The van der Waals surface area contributed by atoms with E-state index in [-0.39, 0.29) is 18.3 Å². The van der Waals surface area contributed by atoms with E-state index in [4.69, 9.17) is 14.5 Å². The first-order valence-electron chi connectivity index (χ1n) is 13.1. The first-order chi connectivity index (χ1) is 19.7. The van der Waals surface area contributed by atoms with Crippen molar-refractivity contribution in [1.82, 2.24) is 24.4 Å². The summed E-state index contributed by atoms with van der Waals surface area (Å²) in [6.45, 7) is 3.55. The highest BCUT2D eigenvalue weighted by molar-refractivity contribution is 7.11. The zero-order chi connectivity index (χ0) is 28.6. The van der Waals surface area contributed by atoms with E-state index in [1.54, 1.807) is 18.2 Å². The third-order valence-electron chi connectivity index (χ3n) is 7.20. The van der Waals surface area contributed by atoms with E-state index < -0.39 is 17.8 Å². The van der Waals surface area contributed by atoms with E-state index in [0.29, 0.717) is 30.4 Å². The lowest BCUT2D eigenvalue weighted by atomic mass is 10.1. The van der Waals surface area contributed by atoms with Crippen LogP contribution < -0.4 is 4.74 Å². The fraction of sp³-hybridized carbons (Fsp3) is 0.357. The number of rotatable bonds is 9. The Kier molecular flexibility index (Phi) is 7.49. The quantitative estimate of drug-likeness (QED) is 0.284. The molecule has 3 aromatic heterocycles. The minimum Gasteiger partial charge on any atom is -0.478 e. The van der Waals surface area contributed by atoms with Crippen molar-refractivity contribution in [3.63, 3.8) is 0 Å². The van der Waals surface area contributed by atoms with Gasteiger partial charge in [-0.15, -0.1) is 0 Å². The molecule has 13 heteroatoms. The van der Waals surface area contributed by atoms with Crippen LogP contribution in [0.25, 0.3) is 16.6 Å². The molecule has 5 heterocycles. The molecule has 41 heavy (non-hydrogen) atoms. The summed E-state index contributed by atoms with van der Waals surface area (Å²) in [5.41, 5.74) is 3.31. The molecule has 0 radical (unpaired) electrons. The summed E-state index contributed by atoms with van der Waals surface area (Å²) in [7, 11) is 0. The second-order valence-electron chi connectivity index (χ2n) is 9.98. The highest BCUT2D eigenvalue weighted by atomic mass is 32.1. The van der Waals surface area contributed by atoms with Crippen molar-refractivity contribution in [2.24, 2.45) is 0 Å². The predicted octanol–water partition coefficient (Wildman–Crippen LogP) is 5.26. The van der Waals surface area contributed by atoms with Crippen molar-refractivity contribution >= 4 is 33.9 Å². The minimum absolute atomic E-state index is 0.0752. The van der Waals surface area contributed by atoms with Gasteiger partial charge < -0.3 is 19.1 Å². The SMILES string of the molecule is O=C(O)c1ccc2nc(CN3CC=C(c4csc(OCc5ccc(C(F)(F)F)nc5)n4)CC3)n(CC3CCO3)c2c1. The van der Waals surface area contributed by atoms with Crippen molar-refractivity contribution in [2.45, 2.75) is 44.8 Å². The molecule has 0 amide bonds. The van der Waals surface area contributed by atoms with Gasteiger partial charge in [-0.05, 0) is 42.7 Å². The van der Waals surface area contributed by atoms with E-state index in [9.17, 15) is 23.1 Å². The van der Waals surface area contributed by atoms with Gasteiger partial charge in [-0.1, -0.05) is 23.5 Å². The number of carboxylic acids is 1. The van der Waals surface area contributed by atoms with E-state index in [1.807, 2.05) is 5.38 Å². The second kappa shape index (κ2) is 11.2. The first-order valence-corrected chi connectivity index (χ1v) is 14.0. The molecule has 0 saturated carbocycles. The number of ether oxygens (including phenoxy) is 2. The summed E-state index contributed by atoms with van der Waals surface area (Å²) in [5.74, 6) is -0.0982. The third-order valence-corrected chi connectivity index (χ3v) is 7.95. The molecule has 214 valence electrons. The fourth-order valence-electron chi connectivity index (χ4n) is 4.84. The van der Waals surface area contributed by atoms with Gasteiger partial charge in [-0.2, -0.15) is 13.2 Å². The Bertz CT molecular complexity index is 1590. The molecule has 4 aromatic rings. The van der Waals surface area contributed by atoms with Crippen molar-refractivity contribution in [3.8, 4) is 5.19 Å². The Labute approximate surface area is 236 Å². The largest absolute Gasteiger partial charge is 0.478 e. The summed E-state index contributed by atoms with van der Waals surface area (Å²) in [5, 5.41) is 11.8. The molecule has 0 spiro atoms. The first kappa shape index (κ1) is 27.4. The highest BCUT2D eigenvalue weighted by Crippen LogP contribution is 2.30. The van der Waals surface area contributed by atoms with E-state index in [2.05, 4.69) is 25.5 Å². The monoisotopic (exact) mass is 585 g/mol. The van der Waals surface area contributed by atoms with Crippen LogP contribution in [-0.4, -0.2) is 61.3 Å². The Morgan fingerprint density at radius 2 is 2.07 bits per heavy atom. The lowest BCUT2D eigenvalue weighted by molar-refractivity contribution is -0.141. The number of alkyl halides is 3. The van der Waals surface area contributed by atoms with Crippen LogP contribution in [0, 0.1) is 0 Å². The highest BCUT2D eigenvalue weighted by Gasteiger charge is 2.32. The maximum atomic E-state index is 12.7. The molecule has 0 bridgehead atoms. The van der Waals surface area contributed by atoms with Gasteiger partial charge in [0.2, 0.25) is 0 Å². The molecular formula is C28H26F3N5O4S. The Morgan fingerprint density at radius 3 is 2.73 bits per heavy atom. The number of fused-ring (bicyclic) bond motifs is 1. The van der Waals surface area contributed by atoms with Gasteiger partial charge in [0.25, 0.3) is 5.19 Å². The van der Waals surface area contributed by atoms with Crippen LogP contribution in [-0.2, 0) is 30.6 Å². The average molecular weight is 586 g/mol. The molecule has 9 nitrogen and oxygen atoms in total. The van der Waals surface area contributed by atoms with E-state index in [0.717, 1.165) is 66.4 Å². The molecule has 1 aromatic carbocycles.